The van der Waals surface area contributed by atoms with Gasteiger partial charge in [-0.1, -0.05) is 104 Å². The van der Waals surface area contributed by atoms with Gasteiger partial charge >= 0.3 is 11.9 Å². The molecule has 14 nitrogen and oxygen atoms in total. The van der Waals surface area contributed by atoms with Crippen molar-refractivity contribution in [1.82, 2.24) is 30.2 Å². The number of carbonyl (C=O) groups excluding carboxylic acids is 2. The number of carbonyl (C=O) groups is 2. The second-order valence-electron chi connectivity index (χ2n) is 12.1. The van der Waals surface area contributed by atoms with Crippen LogP contribution in [0.5, 0.6) is 0 Å². The van der Waals surface area contributed by atoms with Crippen LogP contribution in [0.1, 0.15) is 61.7 Å². The highest BCUT2D eigenvalue weighted by molar-refractivity contribution is 6.30. The van der Waals surface area contributed by atoms with Crippen molar-refractivity contribution in [2.24, 2.45) is 5.92 Å². The van der Waals surface area contributed by atoms with Crippen molar-refractivity contribution in [3.8, 4) is 22.5 Å². The van der Waals surface area contributed by atoms with E-state index < -0.39 is 22.9 Å². The standard InChI is InChI=1S/C37H40ClN7O7/c1-2-3-15-33-39-35(38)32(44(33)24-27-16-18-28(19-17-27)30-13-7-8-14-31(30)36-40-42-43-41-36)25-51-34(46)23-29(22-26-11-5-4-6-12-26)37(47)50-20-9-10-21-52-45(48)49/h4-8,11-14,16-19,29H,2-3,9-10,15,20-25H2,1H3,(H,40,41,42,43). The van der Waals surface area contributed by atoms with Crippen LogP contribution in [0.4, 0.5) is 0 Å². The Labute approximate surface area is 305 Å². The second kappa shape index (κ2) is 19.1. The van der Waals surface area contributed by atoms with Crippen LogP contribution < -0.4 is 0 Å². The lowest BCUT2D eigenvalue weighted by Gasteiger charge is -2.17. The zero-order valence-corrected chi connectivity index (χ0v) is 29.5. The van der Waals surface area contributed by atoms with Crippen molar-refractivity contribution in [3.05, 3.63) is 117 Å². The molecule has 272 valence electrons. The smallest absolute Gasteiger partial charge is 0.309 e. The van der Waals surface area contributed by atoms with Crippen molar-refractivity contribution < 1.29 is 29.0 Å². The van der Waals surface area contributed by atoms with Gasteiger partial charge in [-0.3, -0.25) is 9.59 Å². The number of H-pyrrole nitrogens is 1. The number of unbranched alkanes of at least 4 members (excludes halogenated alkanes) is 2. The van der Waals surface area contributed by atoms with E-state index in [1.807, 2.05) is 83.4 Å². The van der Waals surface area contributed by atoms with Gasteiger partial charge in [-0.2, -0.15) is 5.21 Å². The molecule has 0 saturated heterocycles. The summed E-state index contributed by atoms with van der Waals surface area (Å²) >= 11 is 6.66. The van der Waals surface area contributed by atoms with Crippen LogP contribution in [0.3, 0.4) is 0 Å². The molecule has 52 heavy (non-hydrogen) atoms. The number of aromatic amines is 1. The first-order valence-corrected chi connectivity index (χ1v) is 17.5. The van der Waals surface area contributed by atoms with Crippen LogP contribution in [-0.2, 0) is 49.9 Å². The highest BCUT2D eigenvalue weighted by atomic mass is 35.5. The first-order chi connectivity index (χ1) is 25.3. The van der Waals surface area contributed by atoms with Crippen molar-refractivity contribution in [3.63, 3.8) is 0 Å². The summed E-state index contributed by atoms with van der Waals surface area (Å²) < 4.78 is 13.2. The molecule has 1 atom stereocenters. The van der Waals surface area contributed by atoms with Crippen LogP contribution in [0, 0.1) is 16.0 Å². The molecule has 2 aromatic heterocycles. The summed E-state index contributed by atoms with van der Waals surface area (Å²) in [7, 11) is 0. The number of halogens is 1. The maximum Gasteiger partial charge on any atom is 0.309 e. The van der Waals surface area contributed by atoms with Gasteiger partial charge in [0.15, 0.2) is 5.15 Å². The maximum atomic E-state index is 13.2. The number of aryl methyl sites for hydroxylation is 1. The zero-order valence-electron chi connectivity index (χ0n) is 28.8. The summed E-state index contributed by atoms with van der Waals surface area (Å²) in [6, 6.07) is 25.3. The van der Waals surface area contributed by atoms with E-state index in [1.165, 1.54) is 0 Å². The normalized spacial score (nSPS) is 11.6. The summed E-state index contributed by atoms with van der Waals surface area (Å²) in [4.78, 5) is 45.6. The van der Waals surface area contributed by atoms with Crippen LogP contribution in [0.15, 0.2) is 78.9 Å². The van der Waals surface area contributed by atoms with Gasteiger partial charge in [0.25, 0.3) is 5.09 Å². The summed E-state index contributed by atoms with van der Waals surface area (Å²) in [5.41, 5.74) is 5.23. The molecule has 3 aromatic carbocycles. The molecule has 0 amide bonds. The van der Waals surface area contributed by atoms with Gasteiger partial charge in [-0.25, -0.2) is 4.98 Å². The fourth-order valence-electron chi connectivity index (χ4n) is 5.71. The van der Waals surface area contributed by atoms with Gasteiger partial charge in [0, 0.05) is 18.5 Å². The van der Waals surface area contributed by atoms with E-state index in [9.17, 15) is 19.7 Å². The van der Waals surface area contributed by atoms with Gasteiger partial charge < -0.3 is 18.9 Å². The molecule has 0 bridgehead atoms. The Hall–Kier alpha value is -5.63. The zero-order chi connectivity index (χ0) is 36.7. The molecule has 0 fully saturated rings. The molecule has 5 rings (SSSR count). The lowest BCUT2D eigenvalue weighted by Crippen LogP contribution is -2.25. The Kier molecular flexibility index (Phi) is 13.8. The minimum Gasteiger partial charge on any atom is -0.465 e. The molecule has 0 aliphatic rings. The van der Waals surface area contributed by atoms with E-state index in [1.54, 1.807) is 0 Å². The lowest BCUT2D eigenvalue weighted by molar-refractivity contribution is -0.757. The molecular weight excluding hydrogens is 690 g/mol. The number of ether oxygens (including phenoxy) is 2. The molecule has 5 aromatic rings. The SMILES string of the molecule is CCCCc1nc(Cl)c(COC(=O)CC(Cc2ccccc2)C(=O)OCCCCO[N+](=O)[O-])n1Cc1ccc(-c2ccccc2-c2nn[nH]n2)cc1. The second-order valence-corrected chi connectivity index (χ2v) is 12.5. The summed E-state index contributed by atoms with van der Waals surface area (Å²) in [5, 5.41) is 24.2. The molecule has 0 spiro atoms. The molecular formula is C37H40ClN7O7. The third-order valence-corrected chi connectivity index (χ3v) is 8.70. The highest BCUT2D eigenvalue weighted by Gasteiger charge is 2.26. The van der Waals surface area contributed by atoms with Crippen molar-refractivity contribution in [2.75, 3.05) is 13.2 Å². The molecule has 0 aliphatic carbocycles. The molecule has 1 unspecified atom stereocenters. The maximum absolute atomic E-state index is 13.2. The van der Waals surface area contributed by atoms with Gasteiger partial charge in [0.2, 0.25) is 5.82 Å². The number of tetrazole rings is 1. The number of aromatic nitrogens is 6. The summed E-state index contributed by atoms with van der Waals surface area (Å²) in [5.74, 6) is -0.633. The average molecular weight is 730 g/mol. The first kappa shape index (κ1) is 37.6. The van der Waals surface area contributed by atoms with E-state index in [-0.39, 0.29) is 37.8 Å². The predicted molar refractivity (Wildman–Crippen MR) is 191 cm³/mol. The Morgan fingerprint density at radius 3 is 2.37 bits per heavy atom. The molecule has 15 heteroatoms. The van der Waals surface area contributed by atoms with Gasteiger partial charge in [-0.05, 0) is 53.2 Å². The van der Waals surface area contributed by atoms with E-state index in [0.717, 1.165) is 46.5 Å². The van der Waals surface area contributed by atoms with E-state index in [0.29, 0.717) is 37.3 Å². The Balaban J connectivity index is 1.27. The number of imidazole rings is 1. The minimum absolute atomic E-state index is 0.0435. The van der Waals surface area contributed by atoms with Gasteiger partial charge in [0.05, 0.1) is 31.2 Å². The molecule has 0 radical (unpaired) electrons. The number of hydrogen-bond acceptors (Lipinski definition) is 11. The molecule has 2 heterocycles. The molecule has 0 saturated carbocycles. The van der Waals surface area contributed by atoms with Crippen molar-refractivity contribution in [1.29, 1.82) is 0 Å². The Morgan fingerprint density at radius 1 is 0.923 bits per heavy atom. The predicted octanol–water partition coefficient (Wildman–Crippen LogP) is 6.60. The van der Waals surface area contributed by atoms with E-state index in [2.05, 4.69) is 37.4 Å². The molecule has 0 aliphatic heterocycles. The lowest BCUT2D eigenvalue weighted by atomic mass is 9.96. The number of benzene rings is 3. The van der Waals surface area contributed by atoms with Crippen LogP contribution in [0.2, 0.25) is 5.15 Å². The van der Waals surface area contributed by atoms with E-state index in [4.69, 9.17) is 21.1 Å². The topological polar surface area (TPSA) is 177 Å². The van der Waals surface area contributed by atoms with Crippen LogP contribution in [0.25, 0.3) is 22.5 Å². The Morgan fingerprint density at radius 2 is 1.65 bits per heavy atom. The van der Waals surface area contributed by atoms with E-state index >= 15 is 0 Å². The highest BCUT2D eigenvalue weighted by Crippen LogP contribution is 2.30. The number of nitrogens with one attached hydrogen (secondary N) is 1. The quantitative estimate of drug-likeness (QED) is 0.0395. The largest absolute Gasteiger partial charge is 0.465 e. The number of hydrogen-bond donors (Lipinski definition) is 1. The summed E-state index contributed by atoms with van der Waals surface area (Å²) in [6.07, 6.45) is 3.35. The number of rotatable bonds is 20. The monoisotopic (exact) mass is 729 g/mol. The van der Waals surface area contributed by atoms with Crippen molar-refractivity contribution in [2.45, 2.75) is 65.0 Å². The number of esters is 2. The van der Waals surface area contributed by atoms with Crippen molar-refractivity contribution >= 4 is 23.5 Å². The van der Waals surface area contributed by atoms with Gasteiger partial charge in [0.1, 0.15) is 12.4 Å². The third-order valence-electron chi connectivity index (χ3n) is 8.40. The summed E-state index contributed by atoms with van der Waals surface area (Å²) in [6.45, 7) is 2.38. The third kappa shape index (κ3) is 10.7. The van der Waals surface area contributed by atoms with Crippen LogP contribution >= 0.6 is 11.6 Å². The van der Waals surface area contributed by atoms with Gasteiger partial charge in [-0.15, -0.1) is 20.3 Å². The minimum atomic E-state index is -0.863. The van der Waals surface area contributed by atoms with Crippen LogP contribution in [-0.4, -0.2) is 60.4 Å². The Bertz CT molecular complexity index is 1900. The average Bonchev–Trinajstić information content (AvgIpc) is 3.79. The number of nitrogens with zero attached hydrogens (tertiary/aromatic N) is 6. The fourth-order valence-corrected chi connectivity index (χ4v) is 5.97. The first-order valence-electron chi connectivity index (χ1n) is 17.1. The molecule has 1 N–H and O–H groups in total. The fraction of sp³-hybridized carbons (Fsp3) is 0.351.